The lowest BCUT2D eigenvalue weighted by molar-refractivity contribution is -0.137. The second-order valence-electron chi connectivity index (χ2n) is 8.78. The Balaban J connectivity index is 2.19. The maximum Gasteiger partial charge on any atom is 0.253 e. The molecule has 170 valence electrons. The molecular weight excluding hydrogens is 388 g/mol. The Labute approximate surface area is 179 Å². The molecule has 0 aliphatic carbocycles. The predicted molar refractivity (Wildman–Crippen MR) is 113 cm³/mol. The Hall–Kier alpha value is -2.06. The molecule has 0 unspecified atom stereocenters. The monoisotopic (exact) mass is 424 g/mol. The van der Waals surface area contributed by atoms with Crippen molar-refractivity contribution >= 4 is 23.5 Å². The molecule has 8 heteroatoms. The summed E-state index contributed by atoms with van der Waals surface area (Å²) in [5.74, 6) is -0.803. The number of Topliss-reactive ketones (excluding diaryl/α,β-unsaturated/α-hetero) is 1. The average Bonchev–Trinajstić information content (AvgIpc) is 2.94. The van der Waals surface area contributed by atoms with Crippen LogP contribution >= 0.6 is 0 Å². The van der Waals surface area contributed by atoms with Gasteiger partial charge in [0.05, 0.1) is 17.8 Å². The van der Waals surface area contributed by atoms with E-state index in [1.165, 1.54) is 12.2 Å². The molecule has 30 heavy (non-hydrogen) atoms. The maximum atomic E-state index is 12.0. The third-order valence-corrected chi connectivity index (χ3v) is 4.88. The number of hydrogen-bond donors (Lipinski definition) is 1. The number of rotatable bonds is 15. The molecule has 1 rings (SSSR count). The molecule has 1 aliphatic rings. The van der Waals surface area contributed by atoms with Crippen LogP contribution in [-0.4, -0.2) is 65.9 Å². The van der Waals surface area contributed by atoms with E-state index in [0.29, 0.717) is 32.6 Å². The topological polar surface area (TPSA) is 102 Å². The van der Waals surface area contributed by atoms with E-state index in [-0.39, 0.29) is 42.1 Å². The van der Waals surface area contributed by atoms with Gasteiger partial charge in [0.2, 0.25) is 5.91 Å². The standard InChI is InChI=1S/C22H36N2O6/c1-17(25)7-6-15-29-22(4,5)12-16-30-21(2,3)11-13-23-18(26)10-14-24-19(27)8-9-20(24)28/h8-9H,6-7,10-16H2,1-5H3,(H,23,26). The third kappa shape index (κ3) is 10.6. The van der Waals surface area contributed by atoms with Crippen molar-refractivity contribution in [3.63, 3.8) is 0 Å². The zero-order valence-corrected chi connectivity index (χ0v) is 18.9. The largest absolute Gasteiger partial charge is 0.375 e. The van der Waals surface area contributed by atoms with Gasteiger partial charge in [-0.2, -0.15) is 0 Å². The van der Waals surface area contributed by atoms with E-state index in [1.54, 1.807) is 6.92 Å². The second-order valence-corrected chi connectivity index (χ2v) is 8.78. The molecule has 8 nitrogen and oxygen atoms in total. The Kier molecular flexibility index (Phi) is 10.4. The summed E-state index contributed by atoms with van der Waals surface area (Å²) in [6.07, 6.45) is 5.09. The summed E-state index contributed by atoms with van der Waals surface area (Å²) in [4.78, 5) is 46.9. The van der Waals surface area contributed by atoms with Crippen molar-refractivity contribution in [3.8, 4) is 0 Å². The number of ether oxygens (including phenoxy) is 2. The van der Waals surface area contributed by atoms with Crippen LogP contribution < -0.4 is 5.32 Å². The quantitative estimate of drug-likeness (QED) is 0.319. The van der Waals surface area contributed by atoms with Crippen molar-refractivity contribution in [2.45, 2.75) is 77.9 Å². The van der Waals surface area contributed by atoms with Gasteiger partial charge in [-0.25, -0.2) is 0 Å². The smallest absolute Gasteiger partial charge is 0.253 e. The molecule has 0 saturated carbocycles. The molecule has 1 N–H and O–H groups in total. The summed E-state index contributed by atoms with van der Waals surface area (Å²) in [5.41, 5.74) is -0.747. The van der Waals surface area contributed by atoms with Crippen LogP contribution in [0.15, 0.2) is 12.2 Å². The SMILES string of the molecule is CC(=O)CCCOC(C)(C)CCOC(C)(C)CCNC(=O)CCN1C(=O)C=CC1=O. The molecule has 0 bridgehead atoms. The molecular formula is C22H36N2O6. The van der Waals surface area contributed by atoms with Gasteiger partial charge in [-0.3, -0.25) is 19.3 Å². The molecule has 0 radical (unpaired) electrons. The minimum absolute atomic E-state index is 0.0790. The van der Waals surface area contributed by atoms with Crippen LogP contribution in [0.4, 0.5) is 0 Å². The van der Waals surface area contributed by atoms with Crippen LogP contribution in [0.2, 0.25) is 0 Å². The molecule has 0 saturated heterocycles. The Morgan fingerprint density at radius 2 is 1.50 bits per heavy atom. The van der Waals surface area contributed by atoms with Crippen molar-refractivity contribution in [2.75, 3.05) is 26.3 Å². The predicted octanol–water partition coefficient (Wildman–Crippen LogP) is 2.16. The summed E-state index contributed by atoms with van der Waals surface area (Å²) in [6.45, 7) is 11.1. The number of carbonyl (C=O) groups excluding carboxylic acids is 4. The Morgan fingerprint density at radius 3 is 2.10 bits per heavy atom. The van der Waals surface area contributed by atoms with Gasteiger partial charge in [-0.05, 0) is 53.9 Å². The zero-order valence-electron chi connectivity index (χ0n) is 18.9. The van der Waals surface area contributed by atoms with E-state index in [0.717, 1.165) is 17.7 Å². The van der Waals surface area contributed by atoms with Crippen molar-refractivity contribution in [1.29, 1.82) is 0 Å². The average molecular weight is 425 g/mol. The van der Waals surface area contributed by atoms with Gasteiger partial charge in [0.25, 0.3) is 11.8 Å². The van der Waals surface area contributed by atoms with Crippen LogP contribution in [-0.2, 0) is 28.7 Å². The normalized spacial score (nSPS) is 14.5. The van der Waals surface area contributed by atoms with E-state index >= 15 is 0 Å². The van der Waals surface area contributed by atoms with Crippen LogP contribution in [0.3, 0.4) is 0 Å². The highest BCUT2D eigenvalue weighted by molar-refractivity contribution is 6.13. The highest BCUT2D eigenvalue weighted by Crippen LogP contribution is 2.19. The van der Waals surface area contributed by atoms with E-state index in [9.17, 15) is 19.2 Å². The van der Waals surface area contributed by atoms with Crippen LogP contribution in [0, 0.1) is 0 Å². The summed E-state index contributed by atoms with van der Waals surface area (Å²) < 4.78 is 11.8. The fraction of sp³-hybridized carbons (Fsp3) is 0.727. The van der Waals surface area contributed by atoms with Gasteiger partial charge < -0.3 is 19.6 Å². The fourth-order valence-electron chi connectivity index (χ4n) is 2.84. The number of amides is 3. The molecule has 3 amide bonds. The minimum atomic E-state index is -0.414. The van der Waals surface area contributed by atoms with E-state index in [4.69, 9.17) is 9.47 Å². The molecule has 0 atom stereocenters. The first-order valence-corrected chi connectivity index (χ1v) is 10.5. The highest BCUT2D eigenvalue weighted by Gasteiger charge is 2.25. The maximum absolute atomic E-state index is 12.0. The molecule has 0 aromatic rings. The van der Waals surface area contributed by atoms with Crippen molar-refractivity contribution in [1.82, 2.24) is 10.2 Å². The molecule has 0 aromatic carbocycles. The molecule has 0 fully saturated rings. The van der Waals surface area contributed by atoms with Gasteiger partial charge in [0, 0.05) is 44.7 Å². The first-order valence-electron chi connectivity index (χ1n) is 10.5. The van der Waals surface area contributed by atoms with Crippen LogP contribution in [0.25, 0.3) is 0 Å². The van der Waals surface area contributed by atoms with Gasteiger partial charge in [-0.1, -0.05) is 0 Å². The summed E-state index contributed by atoms with van der Waals surface area (Å²) in [5, 5.41) is 2.80. The summed E-state index contributed by atoms with van der Waals surface area (Å²) in [6, 6.07) is 0. The fourth-order valence-corrected chi connectivity index (χ4v) is 2.84. The number of ketones is 1. The number of imide groups is 1. The Morgan fingerprint density at radius 1 is 0.933 bits per heavy atom. The van der Waals surface area contributed by atoms with E-state index < -0.39 is 5.60 Å². The minimum Gasteiger partial charge on any atom is -0.375 e. The van der Waals surface area contributed by atoms with Crippen LogP contribution in [0.5, 0.6) is 0 Å². The first kappa shape index (κ1) is 26.0. The first-order chi connectivity index (χ1) is 13.9. The lowest BCUT2D eigenvalue weighted by atomic mass is 10.0. The van der Waals surface area contributed by atoms with Gasteiger partial charge >= 0.3 is 0 Å². The third-order valence-electron chi connectivity index (χ3n) is 4.88. The summed E-state index contributed by atoms with van der Waals surface area (Å²) in [7, 11) is 0. The lowest BCUT2D eigenvalue weighted by Crippen LogP contribution is -2.37. The summed E-state index contributed by atoms with van der Waals surface area (Å²) >= 11 is 0. The highest BCUT2D eigenvalue weighted by atomic mass is 16.5. The number of carbonyl (C=O) groups is 4. The second kappa shape index (κ2) is 12.0. The molecule has 0 aromatic heterocycles. The molecule has 1 heterocycles. The van der Waals surface area contributed by atoms with E-state index in [2.05, 4.69) is 5.32 Å². The number of nitrogens with zero attached hydrogens (tertiary/aromatic N) is 1. The van der Waals surface area contributed by atoms with Crippen LogP contribution in [0.1, 0.15) is 66.7 Å². The number of hydrogen-bond acceptors (Lipinski definition) is 6. The van der Waals surface area contributed by atoms with Gasteiger partial charge in [0.1, 0.15) is 5.78 Å². The molecule has 1 aliphatic heterocycles. The zero-order chi connectivity index (χ0) is 22.8. The molecule has 0 spiro atoms. The van der Waals surface area contributed by atoms with Crippen molar-refractivity contribution < 1.29 is 28.7 Å². The van der Waals surface area contributed by atoms with Crippen molar-refractivity contribution in [2.24, 2.45) is 0 Å². The Bertz CT molecular complexity index is 636. The van der Waals surface area contributed by atoms with Crippen molar-refractivity contribution in [3.05, 3.63) is 12.2 Å². The lowest BCUT2D eigenvalue weighted by Gasteiger charge is -2.30. The van der Waals surface area contributed by atoms with Gasteiger partial charge in [0.15, 0.2) is 0 Å². The van der Waals surface area contributed by atoms with E-state index in [1.807, 2.05) is 27.7 Å². The number of nitrogens with one attached hydrogen (secondary N) is 1. The van der Waals surface area contributed by atoms with Gasteiger partial charge in [-0.15, -0.1) is 0 Å².